The first-order valence-electron chi connectivity index (χ1n) is 13.1. The van der Waals surface area contributed by atoms with Crippen LogP contribution >= 0.6 is 0 Å². The minimum absolute atomic E-state index is 0.0288. The van der Waals surface area contributed by atoms with E-state index in [1.165, 1.54) is 37.9 Å². The monoisotopic (exact) mass is 489 g/mol. The molecule has 4 heterocycles. The Balaban J connectivity index is 1.18. The van der Waals surface area contributed by atoms with E-state index in [-0.39, 0.29) is 11.4 Å². The molecule has 0 aliphatic carbocycles. The third-order valence-electron chi connectivity index (χ3n) is 7.99. The normalized spacial score (nSPS) is 18.6. The van der Waals surface area contributed by atoms with Crippen LogP contribution in [0.25, 0.3) is 0 Å². The lowest BCUT2D eigenvalue weighted by atomic mass is 9.77. The second-order valence-corrected chi connectivity index (χ2v) is 11.5. The Morgan fingerprint density at radius 3 is 2.03 bits per heavy atom. The number of nitrogens with one attached hydrogen (secondary N) is 2. The SMILES string of the molecule is CC(C)(C)N1CCC2(CCN(Cc3ccc(C(=O)N(Cc4ncc[nH]4)Cc4ncc[nH]4)cc3)CC2)C1. The van der Waals surface area contributed by atoms with E-state index in [4.69, 9.17) is 0 Å². The Labute approximate surface area is 214 Å². The Bertz CT molecular complexity index is 1070. The lowest BCUT2D eigenvalue weighted by Crippen LogP contribution is -2.44. The number of hydrogen-bond donors (Lipinski definition) is 2. The van der Waals surface area contributed by atoms with Crippen molar-refractivity contribution in [3.63, 3.8) is 0 Å². The molecule has 1 aromatic carbocycles. The highest BCUT2D eigenvalue weighted by Gasteiger charge is 2.43. The number of nitrogens with zero attached hydrogens (tertiary/aromatic N) is 5. The molecule has 0 bridgehead atoms. The van der Waals surface area contributed by atoms with Gasteiger partial charge in [0.05, 0.1) is 13.1 Å². The molecule has 2 aromatic heterocycles. The minimum atomic E-state index is -0.0288. The highest BCUT2D eigenvalue weighted by molar-refractivity contribution is 5.94. The van der Waals surface area contributed by atoms with Crippen LogP contribution in [0, 0.1) is 5.41 Å². The van der Waals surface area contributed by atoms with Gasteiger partial charge in [0.1, 0.15) is 11.6 Å². The van der Waals surface area contributed by atoms with Crippen molar-refractivity contribution in [1.82, 2.24) is 34.6 Å². The van der Waals surface area contributed by atoms with Gasteiger partial charge in [-0.15, -0.1) is 0 Å². The maximum Gasteiger partial charge on any atom is 0.254 e. The standard InChI is InChI=1S/C28H39N7O/c1-27(2,3)35-17-10-28(21-35)8-15-33(16-9-28)18-22-4-6-23(7-5-22)26(36)34(19-24-29-11-12-30-24)20-25-31-13-14-32-25/h4-7,11-14H,8-10,15-21H2,1-3H3,(H,29,30)(H,31,32). The fourth-order valence-corrected chi connectivity index (χ4v) is 5.62. The molecule has 0 saturated carbocycles. The van der Waals surface area contributed by atoms with Gasteiger partial charge < -0.3 is 14.9 Å². The molecule has 3 aromatic rings. The molecule has 2 aliphatic rings. The van der Waals surface area contributed by atoms with Crippen LogP contribution in [-0.2, 0) is 19.6 Å². The number of aromatic amines is 2. The number of rotatable bonds is 7. The Morgan fingerprint density at radius 1 is 0.944 bits per heavy atom. The number of amides is 1. The zero-order valence-corrected chi connectivity index (χ0v) is 21.8. The van der Waals surface area contributed by atoms with Gasteiger partial charge in [0.25, 0.3) is 5.91 Å². The van der Waals surface area contributed by atoms with E-state index < -0.39 is 0 Å². The van der Waals surface area contributed by atoms with Crippen molar-refractivity contribution in [1.29, 1.82) is 0 Å². The Hall–Kier alpha value is -2.97. The molecule has 2 aliphatic heterocycles. The summed E-state index contributed by atoms with van der Waals surface area (Å²) in [4.78, 5) is 35.1. The highest BCUT2D eigenvalue weighted by Crippen LogP contribution is 2.42. The summed E-state index contributed by atoms with van der Waals surface area (Å²) < 4.78 is 0. The first kappa shape index (κ1) is 24.7. The number of likely N-dealkylation sites (tertiary alicyclic amines) is 2. The number of imidazole rings is 2. The van der Waals surface area contributed by atoms with Crippen LogP contribution in [0.4, 0.5) is 0 Å². The Morgan fingerprint density at radius 2 is 1.53 bits per heavy atom. The van der Waals surface area contributed by atoms with E-state index in [1.807, 2.05) is 12.1 Å². The summed E-state index contributed by atoms with van der Waals surface area (Å²) in [6.45, 7) is 13.5. The molecule has 2 fully saturated rings. The van der Waals surface area contributed by atoms with Crippen molar-refractivity contribution < 1.29 is 4.79 Å². The van der Waals surface area contributed by atoms with Crippen molar-refractivity contribution in [2.45, 2.75) is 65.2 Å². The number of carbonyl (C=O) groups is 1. The number of benzene rings is 1. The minimum Gasteiger partial charge on any atom is -0.347 e. The fraction of sp³-hybridized carbons (Fsp3) is 0.536. The topological polar surface area (TPSA) is 84.2 Å². The summed E-state index contributed by atoms with van der Waals surface area (Å²) in [6.07, 6.45) is 10.9. The fourth-order valence-electron chi connectivity index (χ4n) is 5.62. The molecule has 8 nitrogen and oxygen atoms in total. The quantitative estimate of drug-likeness (QED) is 0.523. The molecule has 0 atom stereocenters. The molecule has 2 saturated heterocycles. The summed E-state index contributed by atoms with van der Waals surface area (Å²) in [5.41, 5.74) is 2.72. The van der Waals surface area contributed by atoms with E-state index in [0.29, 0.717) is 24.1 Å². The molecule has 36 heavy (non-hydrogen) atoms. The second-order valence-electron chi connectivity index (χ2n) is 11.5. The summed E-state index contributed by atoms with van der Waals surface area (Å²) in [5.74, 6) is 1.48. The van der Waals surface area contributed by atoms with E-state index in [9.17, 15) is 4.79 Å². The van der Waals surface area contributed by atoms with Crippen LogP contribution in [0.3, 0.4) is 0 Å². The summed E-state index contributed by atoms with van der Waals surface area (Å²) >= 11 is 0. The number of piperidine rings is 1. The predicted octanol–water partition coefficient (Wildman–Crippen LogP) is 4.06. The van der Waals surface area contributed by atoms with Gasteiger partial charge in [0, 0.05) is 49.0 Å². The van der Waals surface area contributed by atoms with E-state index in [2.05, 4.69) is 62.6 Å². The van der Waals surface area contributed by atoms with E-state index in [1.54, 1.807) is 29.7 Å². The number of carbonyl (C=O) groups excluding carboxylic acids is 1. The van der Waals surface area contributed by atoms with Gasteiger partial charge >= 0.3 is 0 Å². The van der Waals surface area contributed by atoms with E-state index in [0.717, 1.165) is 31.3 Å². The van der Waals surface area contributed by atoms with Gasteiger partial charge in [-0.3, -0.25) is 14.6 Å². The van der Waals surface area contributed by atoms with Crippen molar-refractivity contribution in [3.05, 3.63) is 71.8 Å². The molecular weight excluding hydrogens is 450 g/mol. The molecule has 192 valence electrons. The van der Waals surface area contributed by atoms with Gasteiger partial charge in [-0.1, -0.05) is 12.1 Å². The summed E-state index contributed by atoms with van der Waals surface area (Å²) in [6, 6.07) is 8.12. The number of H-pyrrole nitrogens is 2. The lowest BCUT2D eigenvalue weighted by molar-refractivity contribution is 0.0721. The van der Waals surface area contributed by atoms with Gasteiger partial charge in [-0.25, -0.2) is 9.97 Å². The maximum atomic E-state index is 13.4. The van der Waals surface area contributed by atoms with Crippen molar-refractivity contribution in [2.24, 2.45) is 5.41 Å². The lowest BCUT2D eigenvalue weighted by Gasteiger charge is -2.41. The number of aromatic nitrogens is 4. The van der Waals surface area contributed by atoms with Gasteiger partial charge in [-0.05, 0) is 82.8 Å². The molecule has 2 N–H and O–H groups in total. The van der Waals surface area contributed by atoms with Crippen LogP contribution in [0.1, 0.15) is 67.6 Å². The van der Waals surface area contributed by atoms with Crippen molar-refractivity contribution in [3.8, 4) is 0 Å². The zero-order valence-electron chi connectivity index (χ0n) is 21.8. The molecule has 1 spiro atoms. The molecular formula is C28H39N7O. The van der Waals surface area contributed by atoms with Gasteiger partial charge in [-0.2, -0.15) is 0 Å². The third kappa shape index (κ3) is 5.71. The van der Waals surface area contributed by atoms with Crippen molar-refractivity contribution in [2.75, 3.05) is 26.2 Å². The zero-order chi connectivity index (χ0) is 25.2. The number of hydrogen-bond acceptors (Lipinski definition) is 5. The summed E-state index contributed by atoms with van der Waals surface area (Å²) in [7, 11) is 0. The molecule has 0 unspecified atom stereocenters. The second kappa shape index (κ2) is 10.2. The third-order valence-corrected chi connectivity index (χ3v) is 7.99. The smallest absolute Gasteiger partial charge is 0.254 e. The summed E-state index contributed by atoms with van der Waals surface area (Å²) in [5, 5.41) is 0. The van der Waals surface area contributed by atoms with E-state index >= 15 is 0 Å². The largest absolute Gasteiger partial charge is 0.347 e. The molecule has 1 amide bonds. The first-order chi connectivity index (χ1) is 17.3. The Kier molecular flexibility index (Phi) is 6.99. The van der Waals surface area contributed by atoms with Crippen molar-refractivity contribution >= 4 is 5.91 Å². The van der Waals surface area contributed by atoms with Gasteiger partial charge in [0.15, 0.2) is 0 Å². The maximum absolute atomic E-state index is 13.4. The van der Waals surface area contributed by atoms with Crippen LogP contribution in [0.15, 0.2) is 49.1 Å². The van der Waals surface area contributed by atoms with Crippen LogP contribution in [0.5, 0.6) is 0 Å². The average molecular weight is 490 g/mol. The van der Waals surface area contributed by atoms with Gasteiger partial charge in [0.2, 0.25) is 0 Å². The van der Waals surface area contributed by atoms with Crippen LogP contribution in [-0.4, -0.2) is 72.3 Å². The molecule has 0 radical (unpaired) electrons. The predicted molar refractivity (Wildman–Crippen MR) is 140 cm³/mol. The molecule has 5 rings (SSSR count). The van der Waals surface area contributed by atoms with Crippen LogP contribution in [0.2, 0.25) is 0 Å². The average Bonchev–Trinajstić information content (AvgIpc) is 3.63. The molecule has 8 heteroatoms. The highest BCUT2D eigenvalue weighted by atomic mass is 16.2. The first-order valence-corrected chi connectivity index (χ1v) is 13.1. The van der Waals surface area contributed by atoms with Crippen LogP contribution < -0.4 is 0 Å².